The van der Waals surface area contributed by atoms with Crippen molar-refractivity contribution < 1.29 is 4.74 Å². The molecular weight excluding hydrogens is 232 g/mol. The second-order valence-electron chi connectivity index (χ2n) is 4.18. The van der Waals surface area contributed by atoms with E-state index in [2.05, 4.69) is 15.0 Å². The Kier molecular flexibility index (Phi) is 2.42. The molecule has 6 heteroatoms. The van der Waals surface area contributed by atoms with Crippen LogP contribution in [0, 0.1) is 0 Å². The molecule has 3 rings (SSSR count). The molecule has 90 valence electrons. The van der Waals surface area contributed by atoms with Crippen LogP contribution in [0.2, 0.25) is 0 Å². The number of aromatic nitrogens is 1. The number of nitrogens with one attached hydrogen (secondary N) is 1. The summed E-state index contributed by atoms with van der Waals surface area (Å²) in [4.78, 5) is 16.8. The molecule has 1 aromatic heterocycles. The fourth-order valence-electron chi connectivity index (χ4n) is 2.28. The van der Waals surface area contributed by atoms with Crippen molar-refractivity contribution in [1.29, 1.82) is 0 Å². The molecule has 1 unspecified atom stereocenters. The third-order valence-corrected chi connectivity index (χ3v) is 3.05. The van der Waals surface area contributed by atoms with Gasteiger partial charge in [-0.25, -0.2) is 0 Å². The lowest BCUT2D eigenvalue weighted by atomic mass is 10.0. The number of H-pyrrole nitrogens is 1. The topological polar surface area (TPSA) is 90.9 Å². The molecule has 2 aromatic rings. The molecule has 0 radical (unpaired) electrons. The molecule has 6 nitrogen and oxygen atoms in total. The highest BCUT2D eigenvalue weighted by Gasteiger charge is 2.24. The molecule has 0 bridgehead atoms. The van der Waals surface area contributed by atoms with E-state index in [1.165, 1.54) is 6.07 Å². The van der Waals surface area contributed by atoms with Crippen molar-refractivity contribution in [2.24, 2.45) is 5.11 Å². The van der Waals surface area contributed by atoms with E-state index in [9.17, 15) is 4.79 Å². The lowest BCUT2D eigenvalue weighted by molar-refractivity contribution is 0.241. The third kappa shape index (κ3) is 1.69. The van der Waals surface area contributed by atoms with Gasteiger partial charge in [-0.2, -0.15) is 0 Å². The zero-order valence-electron chi connectivity index (χ0n) is 9.46. The third-order valence-electron chi connectivity index (χ3n) is 3.05. The molecule has 0 aliphatic carbocycles. The van der Waals surface area contributed by atoms with E-state index in [1.54, 1.807) is 6.07 Å². The highest BCUT2D eigenvalue weighted by atomic mass is 16.5. The Balaban J connectivity index is 2.05. The first-order chi connectivity index (χ1) is 8.78. The van der Waals surface area contributed by atoms with Gasteiger partial charge in [0.25, 0.3) is 0 Å². The van der Waals surface area contributed by atoms with Gasteiger partial charge in [0.2, 0.25) is 5.56 Å². The van der Waals surface area contributed by atoms with Crippen LogP contribution in [-0.2, 0) is 6.42 Å². The van der Waals surface area contributed by atoms with Gasteiger partial charge < -0.3 is 9.72 Å². The summed E-state index contributed by atoms with van der Waals surface area (Å²) >= 11 is 0. The summed E-state index contributed by atoms with van der Waals surface area (Å²) in [7, 11) is 0. The molecule has 1 aliphatic heterocycles. The largest absolute Gasteiger partial charge is 0.490 e. The van der Waals surface area contributed by atoms with Gasteiger partial charge in [-0.15, -0.1) is 0 Å². The van der Waals surface area contributed by atoms with Gasteiger partial charge in [-0.1, -0.05) is 5.11 Å². The number of aromatic amines is 1. The van der Waals surface area contributed by atoms with Gasteiger partial charge in [0.15, 0.2) is 0 Å². The zero-order chi connectivity index (χ0) is 12.5. The van der Waals surface area contributed by atoms with E-state index in [4.69, 9.17) is 10.3 Å². The van der Waals surface area contributed by atoms with Crippen molar-refractivity contribution in [2.75, 3.05) is 6.54 Å². The standard InChI is InChI=1S/C12H10N4O2/c13-16-14-6-7-5-9-8-1-4-12(17)15-10(8)2-3-11(9)18-7/h1-4,7H,5-6H2,(H,15,17). The smallest absolute Gasteiger partial charge is 0.248 e. The van der Waals surface area contributed by atoms with Crippen LogP contribution in [-0.4, -0.2) is 17.6 Å². The molecule has 1 N–H and O–H groups in total. The molecule has 2 heterocycles. The van der Waals surface area contributed by atoms with E-state index >= 15 is 0 Å². The Hall–Kier alpha value is -2.46. The summed E-state index contributed by atoms with van der Waals surface area (Å²) < 4.78 is 5.69. The highest BCUT2D eigenvalue weighted by Crippen LogP contribution is 2.34. The minimum Gasteiger partial charge on any atom is -0.490 e. The predicted molar refractivity (Wildman–Crippen MR) is 66.7 cm³/mol. The fraction of sp³-hybridized carbons (Fsp3) is 0.250. The van der Waals surface area contributed by atoms with Crippen LogP contribution in [0.3, 0.4) is 0 Å². The molecule has 1 aliphatic rings. The zero-order valence-corrected chi connectivity index (χ0v) is 9.46. The Bertz CT molecular complexity index is 716. The molecule has 1 aromatic carbocycles. The number of ether oxygens (including phenoxy) is 1. The SMILES string of the molecule is [N-]=[N+]=NCC1Cc2c(ccc3[nH]c(=O)ccc23)O1. The Morgan fingerprint density at radius 1 is 1.44 bits per heavy atom. The van der Waals surface area contributed by atoms with Crippen molar-refractivity contribution in [3.8, 4) is 5.75 Å². The van der Waals surface area contributed by atoms with Crippen LogP contribution in [0.15, 0.2) is 34.2 Å². The average Bonchev–Trinajstić information content (AvgIpc) is 2.79. The van der Waals surface area contributed by atoms with Crippen molar-refractivity contribution in [3.63, 3.8) is 0 Å². The molecule has 18 heavy (non-hydrogen) atoms. The van der Waals surface area contributed by atoms with Crippen molar-refractivity contribution in [2.45, 2.75) is 12.5 Å². The maximum Gasteiger partial charge on any atom is 0.248 e. The number of azide groups is 1. The predicted octanol–water partition coefficient (Wildman–Crippen LogP) is 2.14. The number of fused-ring (bicyclic) bond motifs is 3. The number of nitrogens with zero attached hydrogens (tertiary/aromatic N) is 3. The van der Waals surface area contributed by atoms with Crippen LogP contribution in [0.1, 0.15) is 5.56 Å². The second-order valence-corrected chi connectivity index (χ2v) is 4.18. The number of pyridine rings is 1. The summed E-state index contributed by atoms with van der Waals surface area (Å²) in [5.74, 6) is 0.799. The maximum atomic E-state index is 11.2. The molecular formula is C12H10N4O2. The van der Waals surface area contributed by atoms with E-state index in [-0.39, 0.29) is 11.7 Å². The number of rotatable bonds is 2. The van der Waals surface area contributed by atoms with Crippen molar-refractivity contribution in [1.82, 2.24) is 4.98 Å². The van der Waals surface area contributed by atoms with E-state index in [0.29, 0.717) is 13.0 Å². The van der Waals surface area contributed by atoms with Crippen LogP contribution in [0.25, 0.3) is 21.3 Å². The van der Waals surface area contributed by atoms with Crippen molar-refractivity contribution >= 4 is 10.9 Å². The summed E-state index contributed by atoms with van der Waals surface area (Å²) in [6, 6.07) is 6.96. The van der Waals surface area contributed by atoms with Gasteiger partial charge in [0, 0.05) is 33.9 Å². The van der Waals surface area contributed by atoms with Crippen LogP contribution >= 0.6 is 0 Å². The maximum absolute atomic E-state index is 11.2. The summed E-state index contributed by atoms with van der Waals surface area (Å²) in [5.41, 5.74) is 10.0. The average molecular weight is 242 g/mol. The second kappa shape index (κ2) is 4.09. The Labute approximate surface area is 102 Å². The first kappa shape index (κ1) is 10.7. The van der Waals surface area contributed by atoms with Crippen LogP contribution in [0.5, 0.6) is 5.75 Å². The molecule has 0 amide bonds. The van der Waals surface area contributed by atoms with Gasteiger partial charge in [-0.05, 0) is 23.7 Å². The highest BCUT2D eigenvalue weighted by molar-refractivity contribution is 5.85. The van der Waals surface area contributed by atoms with Gasteiger partial charge in [0.1, 0.15) is 11.9 Å². The monoisotopic (exact) mass is 242 g/mol. The van der Waals surface area contributed by atoms with Gasteiger partial charge >= 0.3 is 0 Å². The lowest BCUT2D eigenvalue weighted by Crippen LogP contribution is -2.16. The molecule has 0 saturated carbocycles. The molecule has 0 fully saturated rings. The Morgan fingerprint density at radius 2 is 2.33 bits per heavy atom. The van der Waals surface area contributed by atoms with Gasteiger partial charge in [0.05, 0.1) is 6.54 Å². The number of hydrogen-bond acceptors (Lipinski definition) is 3. The lowest BCUT2D eigenvalue weighted by Gasteiger charge is -2.05. The summed E-state index contributed by atoms with van der Waals surface area (Å²) in [6.07, 6.45) is 0.575. The first-order valence-electron chi connectivity index (χ1n) is 5.60. The van der Waals surface area contributed by atoms with Crippen molar-refractivity contribution in [3.05, 3.63) is 50.6 Å². The first-order valence-corrected chi connectivity index (χ1v) is 5.60. The van der Waals surface area contributed by atoms with E-state index < -0.39 is 0 Å². The van der Waals surface area contributed by atoms with E-state index in [1.807, 2.05) is 12.1 Å². The minimum absolute atomic E-state index is 0.117. The quantitative estimate of drug-likeness (QED) is 0.496. The van der Waals surface area contributed by atoms with Crippen LogP contribution < -0.4 is 10.3 Å². The molecule has 0 saturated heterocycles. The Morgan fingerprint density at radius 3 is 3.17 bits per heavy atom. The minimum atomic E-state index is -0.119. The summed E-state index contributed by atoms with van der Waals surface area (Å²) in [6.45, 7) is 0.316. The van der Waals surface area contributed by atoms with Gasteiger partial charge in [-0.3, -0.25) is 4.79 Å². The number of hydrogen-bond donors (Lipinski definition) is 1. The molecule has 1 atom stereocenters. The normalized spacial score (nSPS) is 17.0. The molecule has 0 spiro atoms. The van der Waals surface area contributed by atoms with E-state index in [0.717, 1.165) is 22.2 Å². The summed E-state index contributed by atoms with van der Waals surface area (Å²) in [5, 5.41) is 4.51. The van der Waals surface area contributed by atoms with Crippen LogP contribution in [0.4, 0.5) is 0 Å². The fourth-order valence-corrected chi connectivity index (χ4v) is 2.28. The number of benzene rings is 1.